The highest BCUT2D eigenvalue weighted by atomic mass is 32.2. The molecule has 3 N–H and O–H groups in total. The Morgan fingerprint density at radius 2 is 2.10 bits per heavy atom. The molecular formula is C11H15N3O6S. The summed E-state index contributed by atoms with van der Waals surface area (Å²) >= 11 is 0. The topological polar surface area (TPSA) is 146 Å². The third-order valence-corrected chi connectivity index (χ3v) is 4.41. The first-order chi connectivity index (χ1) is 9.75. The standard InChI is InChI=1S/C11H15N3O6S/c1-2-21(19,20)6-5-8(11(17)18)12-10(16)7-3-4-9(15)14-13-7/h3-4,8H,2,5-6H2,1H3,(H,12,16)(H,14,15)(H,17,18). The van der Waals surface area contributed by atoms with Gasteiger partial charge in [-0.3, -0.25) is 9.59 Å². The van der Waals surface area contributed by atoms with E-state index in [0.29, 0.717) is 0 Å². The van der Waals surface area contributed by atoms with Crippen LogP contribution in [0.1, 0.15) is 23.8 Å². The van der Waals surface area contributed by atoms with Gasteiger partial charge in [0.2, 0.25) is 0 Å². The molecule has 0 saturated carbocycles. The first-order valence-electron chi connectivity index (χ1n) is 6.05. The number of nitrogens with one attached hydrogen (secondary N) is 2. The summed E-state index contributed by atoms with van der Waals surface area (Å²) in [5.41, 5.74) is -0.672. The van der Waals surface area contributed by atoms with E-state index in [-0.39, 0.29) is 23.6 Å². The van der Waals surface area contributed by atoms with Crippen molar-refractivity contribution in [1.82, 2.24) is 15.5 Å². The van der Waals surface area contributed by atoms with Crippen molar-refractivity contribution in [1.29, 1.82) is 0 Å². The normalized spacial score (nSPS) is 12.6. The van der Waals surface area contributed by atoms with E-state index in [1.165, 1.54) is 6.92 Å². The van der Waals surface area contributed by atoms with Crippen LogP contribution in [0.15, 0.2) is 16.9 Å². The Hall–Kier alpha value is -2.23. The molecule has 116 valence electrons. The number of amides is 1. The monoisotopic (exact) mass is 317 g/mol. The van der Waals surface area contributed by atoms with Crippen LogP contribution in [0.4, 0.5) is 0 Å². The van der Waals surface area contributed by atoms with E-state index in [2.05, 4.69) is 10.4 Å². The minimum atomic E-state index is -3.33. The summed E-state index contributed by atoms with van der Waals surface area (Å²) in [6, 6.07) is 0.849. The molecule has 0 radical (unpaired) electrons. The lowest BCUT2D eigenvalue weighted by atomic mass is 10.2. The van der Waals surface area contributed by atoms with Crippen molar-refractivity contribution in [2.75, 3.05) is 11.5 Å². The van der Waals surface area contributed by atoms with Gasteiger partial charge in [0.15, 0.2) is 0 Å². The lowest BCUT2D eigenvalue weighted by molar-refractivity contribution is -0.139. The molecule has 21 heavy (non-hydrogen) atoms. The lowest BCUT2D eigenvalue weighted by Crippen LogP contribution is -2.42. The van der Waals surface area contributed by atoms with Crippen molar-refractivity contribution in [2.45, 2.75) is 19.4 Å². The van der Waals surface area contributed by atoms with Gasteiger partial charge < -0.3 is 10.4 Å². The fraction of sp³-hybridized carbons (Fsp3) is 0.455. The third kappa shape index (κ3) is 5.34. The van der Waals surface area contributed by atoms with Gasteiger partial charge in [-0.1, -0.05) is 6.92 Å². The maximum absolute atomic E-state index is 11.8. The Kier molecular flexibility index (Phi) is 5.59. The molecule has 1 heterocycles. The van der Waals surface area contributed by atoms with Gasteiger partial charge in [0.1, 0.15) is 21.6 Å². The SMILES string of the molecule is CCS(=O)(=O)CCC(NC(=O)c1ccc(=O)[nH]n1)C(=O)O. The molecule has 0 saturated heterocycles. The van der Waals surface area contributed by atoms with Crippen LogP contribution in [0, 0.1) is 0 Å². The number of carbonyl (C=O) groups excluding carboxylic acids is 1. The quantitative estimate of drug-likeness (QED) is 0.571. The maximum Gasteiger partial charge on any atom is 0.326 e. The molecule has 1 atom stereocenters. The molecule has 1 rings (SSSR count). The third-order valence-electron chi connectivity index (χ3n) is 2.67. The Morgan fingerprint density at radius 1 is 1.43 bits per heavy atom. The molecule has 1 amide bonds. The van der Waals surface area contributed by atoms with Gasteiger partial charge in [-0.05, 0) is 12.5 Å². The molecule has 0 bridgehead atoms. The first kappa shape index (κ1) is 16.8. The van der Waals surface area contributed by atoms with E-state index in [1.807, 2.05) is 5.10 Å². The second-order valence-corrected chi connectivity index (χ2v) is 6.67. The number of nitrogens with zero attached hydrogens (tertiary/aromatic N) is 1. The van der Waals surface area contributed by atoms with Gasteiger partial charge in [-0.2, -0.15) is 5.10 Å². The highest BCUT2D eigenvalue weighted by Gasteiger charge is 2.23. The number of aromatic amines is 1. The average molecular weight is 317 g/mol. The van der Waals surface area contributed by atoms with Gasteiger partial charge in [-0.25, -0.2) is 18.3 Å². The largest absolute Gasteiger partial charge is 0.480 e. The maximum atomic E-state index is 11.8. The summed E-state index contributed by atoms with van der Waals surface area (Å²) < 4.78 is 22.7. The number of H-pyrrole nitrogens is 1. The minimum Gasteiger partial charge on any atom is -0.480 e. The zero-order valence-electron chi connectivity index (χ0n) is 11.2. The summed E-state index contributed by atoms with van der Waals surface area (Å²) in [4.78, 5) is 33.6. The second-order valence-electron chi connectivity index (χ2n) is 4.20. The number of carboxylic acid groups (broad SMARTS) is 1. The molecule has 0 spiro atoms. The number of sulfone groups is 1. The molecule has 1 aromatic rings. The summed E-state index contributed by atoms with van der Waals surface area (Å²) in [5, 5.41) is 16.7. The molecule has 0 aliphatic rings. The predicted molar refractivity (Wildman–Crippen MR) is 72.7 cm³/mol. The van der Waals surface area contributed by atoms with Crippen LogP contribution in [0.2, 0.25) is 0 Å². The van der Waals surface area contributed by atoms with Gasteiger partial charge >= 0.3 is 5.97 Å². The van der Waals surface area contributed by atoms with Crippen LogP contribution in [-0.2, 0) is 14.6 Å². The van der Waals surface area contributed by atoms with Crippen LogP contribution >= 0.6 is 0 Å². The van der Waals surface area contributed by atoms with Crippen LogP contribution in [0.3, 0.4) is 0 Å². The summed E-state index contributed by atoms with van der Waals surface area (Å²) in [7, 11) is -3.33. The van der Waals surface area contributed by atoms with E-state index in [1.54, 1.807) is 0 Å². The molecule has 0 aliphatic carbocycles. The fourth-order valence-electron chi connectivity index (χ4n) is 1.40. The molecule has 0 fully saturated rings. The second kappa shape index (κ2) is 6.97. The number of carbonyl (C=O) groups is 2. The Morgan fingerprint density at radius 3 is 2.57 bits per heavy atom. The highest BCUT2D eigenvalue weighted by molar-refractivity contribution is 7.91. The van der Waals surface area contributed by atoms with E-state index in [0.717, 1.165) is 12.1 Å². The van der Waals surface area contributed by atoms with Gasteiger partial charge in [0, 0.05) is 11.8 Å². The predicted octanol–water partition coefficient (Wildman–Crippen LogP) is -1.22. The number of aliphatic carboxylic acids is 1. The van der Waals surface area contributed by atoms with Gasteiger partial charge in [0.05, 0.1) is 5.75 Å². The number of rotatable bonds is 7. The number of hydrogen-bond acceptors (Lipinski definition) is 6. The number of carboxylic acids is 1. The molecular weight excluding hydrogens is 302 g/mol. The zero-order chi connectivity index (χ0) is 16.0. The van der Waals surface area contributed by atoms with Crippen molar-refractivity contribution < 1.29 is 23.1 Å². The van der Waals surface area contributed by atoms with Crippen molar-refractivity contribution in [3.63, 3.8) is 0 Å². The lowest BCUT2D eigenvalue weighted by Gasteiger charge is -2.13. The van der Waals surface area contributed by atoms with Crippen LogP contribution < -0.4 is 10.9 Å². The molecule has 10 heteroatoms. The van der Waals surface area contributed by atoms with E-state index < -0.39 is 33.3 Å². The molecule has 0 aliphatic heterocycles. The van der Waals surface area contributed by atoms with E-state index >= 15 is 0 Å². The molecule has 9 nitrogen and oxygen atoms in total. The van der Waals surface area contributed by atoms with Crippen molar-refractivity contribution in [3.05, 3.63) is 28.2 Å². The van der Waals surface area contributed by atoms with Gasteiger partial charge in [0.25, 0.3) is 11.5 Å². The zero-order valence-corrected chi connectivity index (χ0v) is 12.0. The fourth-order valence-corrected chi connectivity index (χ4v) is 2.29. The smallest absolute Gasteiger partial charge is 0.326 e. The van der Waals surface area contributed by atoms with Crippen LogP contribution in [-0.4, -0.2) is 53.1 Å². The Labute approximate surface area is 120 Å². The van der Waals surface area contributed by atoms with Crippen LogP contribution in [0.25, 0.3) is 0 Å². The first-order valence-corrected chi connectivity index (χ1v) is 7.87. The summed E-state index contributed by atoms with van der Waals surface area (Å²) in [6.07, 6.45) is -0.249. The molecule has 0 aromatic carbocycles. The highest BCUT2D eigenvalue weighted by Crippen LogP contribution is 2.01. The van der Waals surface area contributed by atoms with Crippen LogP contribution in [0.5, 0.6) is 0 Å². The average Bonchev–Trinajstić information content (AvgIpc) is 2.43. The molecule has 1 aromatic heterocycles. The van der Waals surface area contributed by atoms with Crippen molar-refractivity contribution in [3.8, 4) is 0 Å². The Balaban J connectivity index is 2.74. The van der Waals surface area contributed by atoms with Crippen molar-refractivity contribution in [2.24, 2.45) is 0 Å². The van der Waals surface area contributed by atoms with E-state index in [9.17, 15) is 22.8 Å². The minimum absolute atomic E-state index is 0.102. The van der Waals surface area contributed by atoms with E-state index in [4.69, 9.17) is 5.11 Å². The van der Waals surface area contributed by atoms with Gasteiger partial charge in [-0.15, -0.1) is 0 Å². The number of aromatic nitrogens is 2. The Bertz CT molecular complexity index is 661. The molecule has 1 unspecified atom stereocenters. The van der Waals surface area contributed by atoms with Crippen molar-refractivity contribution >= 4 is 21.7 Å². The number of hydrogen-bond donors (Lipinski definition) is 3. The summed E-state index contributed by atoms with van der Waals surface area (Å²) in [5.74, 6) is -2.61. The summed E-state index contributed by atoms with van der Waals surface area (Å²) in [6.45, 7) is 1.45.